The van der Waals surface area contributed by atoms with Crippen molar-refractivity contribution in [2.75, 3.05) is 10.6 Å². The maximum absolute atomic E-state index is 11.7. The van der Waals surface area contributed by atoms with E-state index in [1.807, 2.05) is 12.1 Å². The monoisotopic (exact) mass is 396 g/mol. The van der Waals surface area contributed by atoms with E-state index in [9.17, 15) is 19.8 Å². The summed E-state index contributed by atoms with van der Waals surface area (Å²) in [4.78, 5) is 23.4. The maximum atomic E-state index is 11.7. The molecule has 3 aromatic rings. The van der Waals surface area contributed by atoms with Crippen molar-refractivity contribution in [1.29, 1.82) is 0 Å². The third-order valence-electron chi connectivity index (χ3n) is 3.72. The summed E-state index contributed by atoms with van der Waals surface area (Å²) < 4.78 is 0. The smallest absolute Gasteiger partial charge is 1.00 e. The summed E-state index contributed by atoms with van der Waals surface area (Å²) in [6.45, 7) is 0. The first-order chi connectivity index (χ1) is 12.5. The first-order valence-corrected chi connectivity index (χ1v) is 7.83. The van der Waals surface area contributed by atoms with Gasteiger partial charge in [-0.2, -0.15) is 0 Å². The van der Waals surface area contributed by atoms with Crippen molar-refractivity contribution in [3.05, 3.63) is 83.9 Å². The van der Waals surface area contributed by atoms with Gasteiger partial charge >= 0.3 is 71.1 Å². The Morgan fingerprint density at radius 2 is 0.964 bits per heavy atom. The quantitative estimate of drug-likeness (QED) is 0.391. The van der Waals surface area contributed by atoms with Crippen LogP contribution in [0.4, 0.5) is 22.7 Å². The van der Waals surface area contributed by atoms with Crippen molar-refractivity contribution in [3.8, 4) is 0 Å². The summed E-state index contributed by atoms with van der Waals surface area (Å²) in [7, 11) is 0. The minimum absolute atomic E-state index is 0. The van der Waals surface area contributed by atoms with Crippen LogP contribution < -0.4 is 69.7 Å². The molecule has 28 heavy (non-hydrogen) atoms. The first kappa shape index (κ1) is 24.2. The Hall–Kier alpha value is -1.80. The Morgan fingerprint density at radius 1 is 0.643 bits per heavy atom. The molecule has 6 nitrogen and oxygen atoms in total. The van der Waals surface area contributed by atoms with E-state index < -0.39 is 11.9 Å². The number of nitrogens with one attached hydrogen (secondary N) is 2. The molecule has 0 bridgehead atoms. The fourth-order valence-electron chi connectivity index (χ4n) is 2.51. The normalized spacial score (nSPS) is 9.43. The summed E-state index contributed by atoms with van der Waals surface area (Å²) in [6.07, 6.45) is 0. The van der Waals surface area contributed by atoms with E-state index in [0.717, 1.165) is 0 Å². The van der Waals surface area contributed by atoms with Gasteiger partial charge in [0, 0.05) is 11.4 Å². The molecule has 134 valence electrons. The average Bonchev–Trinajstić information content (AvgIpc) is 2.64. The largest absolute Gasteiger partial charge is 1.00 e. The second-order valence-corrected chi connectivity index (χ2v) is 5.54. The van der Waals surface area contributed by atoms with Gasteiger partial charge in [0.25, 0.3) is 0 Å². The third kappa shape index (κ3) is 6.10. The number of aromatic carboxylic acids is 2. The van der Waals surface area contributed by atoms with E-state index in [0.29, 0.717) is 11.4 Å². The van der Waals surface area contributed by atoms with Gasteiger partial charge in [0.1, 0.15) is 0 Å². The van der Waals surface area contributed by atoms with Crippen LogP contribution in [0.25, 0.3) is 0 Å². The predicted molar refractivity (Wildman–Crippen MR) is 102 cm³/mol. The molecule has 0 radical (unpaired) electrons. The molecule has 3 aromatic carbocycles. The van der Waals surface area contributed by atoms with Gasteiger partial charge in [-0.05, 0) is 36.4 Å². The van der Waals surface area contributed by atoms with Gasteiger partial charge in [-0.1, -0.05) is 36.4 Å². The van der Waals surface area contributed by atoms with Gasteiger partial charge in [-0.25, -0.2) is 9.59 Å². The topological polar surface area (TPSA) is 98.7 Å². The number of hydrogen-bond donors (Lipinski definition) is 4. The summed E-state index contributed by atoms with van der Waals surface area (Å²) >= 11 is 0. The van der Waals surface area contributed by atoms with Crippen LogP contribution in [0, 0.1) is 0 Å². The molecule has 0 aliphatic carbocycles. The zero-order chi connectivity index (χ0) is 18.5. The Morgan fingerprint density at radius 3 is 1.25 bits per heavy atom. The number of rotatable bonds is 6. The molecule has 0 saturated carbocycles. The number of benzene rings is 3. The molecule has 0 spiro atoms. The number of carboxylic acids is 2. The van der Waals surface area contributed by atoms with Crippen LogP contribution in [0.15, 0.2) is 72.8 Å². The molecular formula is C20H18N2Na2O4. The van der Waals surface area contributed by atoms with Gasteiger partial charge in [0.05, 0.1) is 22.5 Å². The minimum Gasteiger partial charge on any atom is -1.00 e. The summed E-state index contributed by atoms with van der Waals surface area (Å²) in [5, 5.41) is 25.0. The zero-order valence-corrected chi connectivity index (χ0v) is 19.6. The third-order valence-corrected chi connectivity index (χ3v) is 3.72. The van der Waals surface area contributed by atoms with Crippen molar-refractivity contribution in [3.63, 3.8) is 0 Å². The van der Waals surface area contributed by atoms with Gasteiger partial charge in [0.2, 0.25) is 0 Å². The van der Waals surface area contributed by atoms with E-state index >= 15 is 0 Å². The molecule has 0 fully saturated rings. The van der Waals surface area contributed by atoms with E-state index in [2.05, 4.69) is 10.6 Å². The van der Waals surface area contributed by atoms with Crippen LogP contribution in [-0.2, 0) is 0 Å². The van der Waals surface area contributed by atoms with Crippen LogP contribution in [0.3, 0.4) is 0 Å². The molecule has 0 saturated heterocycles. The number of carbonyl (C=O) groups is 2. The number of para-hydroxylation sites is 2. The van der Waals surface area contributed by atoms with Crippen LogP contribution in [0.1, 0.15) is 23.6 Å². The van der Waals surface area contributed by atoms with Crippen LogP contribution in [0.2, 0.25) is 0 Å². The standard InChI is InChI=1S/C20H16N2O4.2Na.2H/c23-19(24)15-12-18(22-14-9-5-2-6-10-14)16(20(25)26)11-17(15)21-13-7-3-1-4-8-13;;;;/h1-12,21-22H,(H,23,24)(H,25,26);;;;/q;2*+1;2*-1. The molecule has 3 rings (SSSR count). The first-order valence-electron chi connectivity index (χ1n) is 7.83. The van der Waals surface area contributed by atoms with Gasteiger partial charge in [-0.15, -0.1) is 0 Å². The Kier molecular flexibility index (Phi) is 9.75. The molecule has 4 N–H and O–H groups in total. The average molecular weight is 396 g/mol. The van der Waals surface area contributed by atoms with E-state index in [1.165, 1.54) is 12.1 Å². The summed E-state index contributed by atoms with van der Waals surface area (Å²) in [5.74, 6) is -2.31. The fourth-order valence-corrected chi connectivity index (χ4v) is 2.51. The van der Waals surface area contributed by atoms with Crippen LogP contribution in [0.5, 0.6) is 0 Å². The molecule has 0 heterocycles. The van der Waals surface area contributed by atoms with Crippen molar-refractivity contribution >= 4 is 34.7 Å². The number of hydrogen-bond acceptors (Lipinski definition) is 4. The number of carboxylic acid groups (broad SMARTS) is 2. The SMILES string of the molecule is O=C(O)c1cc(Nc2ccccc2)c(C(=O)O)cc1Nc1ccccc1.[H-].[H-].[Na+].[Na+]. The van der Waals surface area contributed by atoms with E-state index in [4.69, 9.17) is 0 Å². The molecule has 0 atom stereocenters. The summed E-state index contributed by atoms with van der Waals surface area (Å²) in [6, 6.07) is 20.6. The van der Waals surface area contributed by atoms with E-state index in [1.54, 1.807) is 48.5 Å². The second-order valence-electron chi connectivity index (χ2n) is 5.54. The Balaban J connectivity index is 0. The zero-order valence-electron chi connectivity index (χ0n) is 17.6. The fraction of sp³-hybridized carbons (Fsp3) is 0. The second kappa shape index (κ2) is 11.3. The van der Waals surface area contributed by atoms with Crippen molar-refractivity contribution < 1.29 is 81.8 Å². The van der Waals surface area contributed by atoms with E-state index in [-0.39, 0.29) is 84.5 Å². The molecular weight excluding hydrogens is 378 g/mol. The van der Waals surface area contributed by atoms with Crippen LogP contribution >= 0.6 is 0 Å². The predicted octanol–water partition coefficient (Wildman–Crippen LogP) is -1.20. The number of anilines is 4. The molecule has 0 aliphatic heterocycles. The van der Waals surface area contributed by atoms with Crippen molar-refractivity contribution in [2.45, 2.75) is 0 Å². The van der Waals surface area contributed by atoms with Gasteiger partial charge < -0.3 is 23.7 Å². The minimum atomic E-state index is -1.16. The maximum Gasteiger partial charge on any atom is 1.00 e. The van der Waals surface area contributed by atoms with Gasteiger partial charge in [0.15, 0.2) is 0 Å². The molecule has 0 unspecified atom stereocenters. The van der Waals surface area contributed by atoms with Crippen molar-refractivity contribution in [2.24, 2.45) is 0 Å². The van der Waals surface area contributed by atoms with Crippen LogP contribution in [-0.4, -0.2) is 22.2 Å². The van der Waals surface area contributed by atoms with Crippen molar-refractivity contribution in [1.82, 2.24) is 0 Å². The Labute approximate surface area is 209 Å². The summed E-state index contributed by atoms with van der Waals surface area (Å²) in [5.41, 5.74) is 1.68. The Bertz CT molecular complexity index is 883. The molecule has 0 aromatic heterocycles. The molecule has 0 aliphatic rings. The van der Waals surface area contributed by atoms with Gasteiger partial charge in [-0.3, -0.25) is 0 Å². The molecule has 8 heteroatoms. The molecule has 0 amide bonds.